The Hall–Kier alpha value is -3.55. The van der Waals surface area contributed by atoms with Gasteiger partial charge in [0.25, 0.3) is 5.69 Å². The van der Waals surface area contributed by atoms with E-state index in [1.807, 2.05) is 13.8 Å². The maximum Gasteiger partial charge on any atom is 0.271 e. The minimum atomic E-state index is -0.542. The van der Waals surface area contributed by atoms with Crippen LogP contribution in [0.25, 0.3) is 6.08 Å². The highest BCUT2D eigenvalue weighted by Gasteiger charge is 2.13. The van der Waals surface area contributed by atoms with Crippen LogP contribution in [0.4, 0.5) is 11.4 Å². The summed E-state index contributed by atoms with van der Waals surface area (Å²) in [4.78, 5) is 22.6. The van der Waals surface area contributed by atoms with Crippen LogP contribution in [0.2, 0.25) is 0 Å². The van der Waals surface area contributed by atoms with Gasteiger partial charge >= 0.3 is 0 Å². The van der Waals surface area contributed by atoms with Crippen LogP contribution in [-0.4, -0.2) is 31.2 Å². The number of nitrogens with one attached hydrogen (secondary N) is 1. The summed E-state index contributed by atoms with van der Waals surface area (Å²) >= 11 is 0. The van der Waals surface area contributed by atoms with Gasteiger partial charge in [0, 0.05) is 18.2 Å². The normalized spacial score (nSPS) is 10.5. The number of hydrogen-bond donors (Lipinski definition) is 1. The van der Waals surface area contributed by atoms with Crippen LogP contribution in [0.1, 0.15) is 19.4 Å². The Morgan fingerprint density at radius 1 is 1.07 bits per heavy atom. The van der Waals surface area contributed by atoms with Gasteiger partial charge in [-0.15, -0.1) is 0 Å². The molecular weight excluding hydrogens is 364 g/mol. The van der Waals surface area contributed by atoms with Crippen molar-refractivity contribution < 1.29 is 23.9 Å². The number of nitro benzene ring substituents is 1. The molecule has 0 spiro atoms. The molecule has 148 valence electrons. The Kier molecular flexibility index (Phi) is 7.38. The van der Waals surface area contributed by atoms with Gasteiger partial charge in [0.2, 0.25) is 5.91 Å². The van der Waals surface area contributed by atoms with E-state index in [9.17, 15) is 14.9 Å². The molecule has 2 aromatic carbocycles. The fraction of sp³-hybridized carbons (Fsp3) is 0.250. The number of nitro groups is 1. The highest BCUT2D eigenvalue weighted by atomic mass is 16.6. The van der Waals surface area contributed by atoms with E-state index in [-0.39, 0.29) is 11.4 Å². The van der Waals surface area contributed by atoms with E-state index < -0.39 is 10.8 Å². The first kappa shape index (κ1) is 20.8. The van der Waals surface area contributed by atoms with Crippen LogP contribution < -0.4 is 19.5 Å². The zero-order valence-corrected chi connectivity index (χ0v) is 15.9. The predicted octanol–water partition coefficient (Wildman–Crippen LogP) is 4.05. The van der Waals surface area contributed by atoms with E-state index in [4.69, 9.17) is 14.2 Å². The molecule has 2 rings (SSSR count). The number of carbonyl (C=O) groups excluding carboxylic acids is 1. The monoisotopic (exact) mass is 386 g/mol. The van der Waals surface area contributed by atoms with Gasteiger partial charge in [0.1, 0.15) is 5.75 Å². The van der Waals surface area contributed by atoms with E-state index in [0.717, 1.165) is 5.56 Å². The SMILES string of the molecule is CCOc1ccc(C=CC(=O)Nc2cc([N+](=O)[O-])ccc2OC)cc1OCC. The van der Waals surface area contributed by atoms with Crippen LogP contribution >= 0.6 is 0 Å². The third-order valence-corrected chi connectivity index (χ3v) is 3.65. The lowest BCUT2D eigenvalue weighted by Crippen LogP contribution is -2.09. The highest BCUT2D eigenvalue weighted by molar-refractivity contribution is 6.03. The smallest absolute Gasteiger partial charge is 0.271 e. The Labute approximate surface area is 162 Å². The second-order valence-electron chi connectivity index (χ2n) is 5.54. The lowest BCUT2D eigenvalue weighted by molar-refractivity contribution is -0.384. The van der Waals surface area contributed by atoms with Gasteiger partial charge in [-0.2, -0.15) is 0 Å². The Morgan fingerprint density at radius 3 is 2.39 bits per heavy atom. The van der Waals surface area contributed by atoms with Gasteiger partial charge in [-0.3, -0.25) is 14.9 Å². The number of anilines is 1. The molecule has 0 aliphatic heterocycles. The van der Waals surface area contributed by atoms with Crippen LogP contribution in [-0.2, 0) is 4.79 Å². The molecule has 0 atom stereocenters. The number of rotatable bonds is 9. The first-order valence-corrected chi connectivity index (χ1v) is 8.69. The molecule has 0 radical (unpaired) electrons. The fourth-order valence-corrected chi connectivity index (χ4v) is 2.42. The molecule has 28 heavy (non-hydrogen) atoms. The van der Waals surface area contributed by atoms with Gasteiger partial charge in [-0.25, -0.2) is 0 Å². The van der Waals surface area contributed by atoms with Crippen LogP contribution in [0.15, 0.2) is 42.5 Å². The average Bonchev–Trinajstić information content (AvgIpc) is 2.68. The molecule has 1 amide bonds. The summed E-state index contributed by atoms with van der Waals surface area (Å²) in [5, 5.41) is 13.5. The van der Waals surface area contributed by atoms with Crippen molar-refractivity contribution >= 4 is 23.4 Å². The summed E-state index contributed by atoms with van der Waals surface area (Å²) in [5.74, 6) is 1.09. The second-order valence-corrected chi connectivity index (χ2v) is 5.54. The van der Waals surface area contributed by atoms with Crippen molar-refractivity contribution in [1.29, 1.82) is 0 Å². The summed E-state index contributed by atoms with van der Waals surface area (Å²) in [6, 6.07) is 9.32. The van der Waals surface area contributed by atoms with E-state index in [1.165, 1.54) is 31.4 Å². The summed E-state index contributed by atoms with van der Waals surface area (Å²) in [6.45, 7) is 4.76. The summed E-state index contributed by atoms with van der Waals surface area (Å²) in [5.41, 5.74) is 0.814. The van der Waals surface area contributed by atoms with Crippen molar-refractivity contribution in [2.24, 2.45) is 0 Å². The number of amides is 1. The second kappa shape index (κ2) is 9.96. The van der Waals surface area contributed by atoms with Gasteiger partial charge < -0.3 is 19.5 Å². The first-order chi connectivity index (χ1) is 13.5. The van der Waals surface area contributed by atoms with Crippen LogP contribution in [0, 0.1) is 10.1 Å². The van der Waals surface area contributed by atoms with E-state index >= 15 is 0 Å². The molecule has 0 unspecified atom stereocenters. The average molecular weight is 386 g/mol. The third kappa shape index (κ3) is 5.47. The minimum absolute atomic E-state index is 0.145. The molecule has 1 N–H and O–H groups in total. The third-order valence-electron chi connectivity index (χ3n) is 3.65. The van der Waals surface area contributed by atoms with Crippen molar-refractivity contribution in [1.82, 2.24) is 0 Å². The van der Waals surface area contributed by atoms with Crippen LogP contribution in [0.3, 0.4) is 0 Å². The highest BCUT2D eigenvalue weighted by Crippen LogP contribution is 2.30. The lowest BCUT2D eigenvalue weighted by atomic mass is 10.2. The fourth-order valence-electron chi connectivity index (χ4n) is 2.42. The topological polar surface area (TPSA) is 99.9 Å². The number of carbonyl (C=O) groups is 1. The number of ether oxygens (including phenoxy) is 3. The molecule has 8 heteroatoms. The number of hydrogen-bond acceptors (Lipinski definition) is 6. The molecule has 8 nitrogen and oxygen atoms in total. The zero-order valence-electron chi connectivity index (χ0n) is 15.9. The molecular formula is C20H22N2O6. The molecule has 0 bridgehead atoms. The maximum absolute atomic E-state index is 12.2. The summed E-state index contributed by atoms with van der Waals surface area (Å²) in [7, 11) is 1.42. The van der Waals surface area contributed by atoms with Crippen molar-refractivity contribution in [3.8, 4) is 17.2 Å². The minimum Gasteiger partial charge on any atom is -0.495 e. The summed E-state index contributed by atoms with van der Waals surface area (Å²) in [6.07, 6.45) is 2.93. The molecule has 0 fully saturated rings. The number of nitrogens with zero attached hydrogens (tertiary/aromatic N) is 1. The Bertz CT molecular complexity index is 879. The first-order valence-electron chi connectivity index (χ1n) is 8.69. The Balaban J connectivity index is 2.17. The van der Waals surface area contributed by atoms with Crippen molar-refractivity contribution in [3.63, 3.8) is 0 Å². The van der Waals surface area contributed by atoms with E-state index in [0.29, 0.717) is 30.5 Å². The van der Waals surface area contributed by atoms with Gasteiger partial charge in [-0.1, -0.05) is 6.07 Å². The number of benzene rings is 2. The van der Waals surface area contributed by atoms with Gasteiger partial charge in [-0.05, 0) is 43.7 Å². The van der Waals surface area contributed by atoms with E-state index in [1.54, 1.807) is 24.3 Å². The zero-order chi connectivity index (χ0) is 20.5. The molecule has 0 aliphatic carbocycles. The molecule has 0 aromatic heterocycles. The predicted molar refractivity (Wildman–Crippen MR) is 106 cm³/mol. The molecule has 0 aliphatic rings. The van der Waals surface area contributed by atoms with Gasteiger partial charge in [0.05, 0.1) is 30.9 Å². The number of methoxy groups -OCH3 is 1. The Morgan fingerprint density at radius 2 is 1.75 bits per heavy atom. The van der Waals surface area contributed by atoms with Crippen molar-refractivity contribution in [2.45, 2.75) is 13.8 Å². The standard InChI is InChI=1S/C20H22N2O6/c1-4-27-18-9-6-14(12-19(18)28-5-2)7-11-20(23)21-16-13-15(22(24)25)8-10-17(16)26-3/h6-13H,4-5H2,1-3H3,(H,21,23). The molecule has 2 aromatic rings. The molecule has 0 saturated heterocycles. The lowest BCUT2D eigenvalue weighted by Gasteiger charge is -2.11. The maximum atomic E-state index is 12.2. The summed E-state index contributed by atoms with van der Waals surface area (Å²) < 4.78 is 16.2. The van der Waals surface area contributed by atoms with Crippen LogP contribution in [0.5, 0.6) is 17.2 Å². The largest absolute Gasteiger partial charge is 0.495 e. The quantitative estimate of drug-likeness (QED) is 0.396. The van der Waals surface area contributed by atoms with Crippen molar-refractivity contribution in [2.75, 3.05) is 25.6 Å². The molecule has 0 saturated carbocycles. The van der Waals surface area contributed by atoms with Gasteiger partial charge in [0.15, 0.2) is 11.5 Å². The molecule has 0 heterocycles. The van der Waals surface area contributed by atoms with E-state index in [2.05, 4.69) is 5.32 Å². The van der Waals surface area contributed by atoms with Crippen molar-refractivity contribution in [3.05, 3.63) is 58.2 Å². The number of non-ortho nitro benzene ring substituents is 1.